The first-order chi connectivity index (χ1) is 11.6. The van der Waals surface area contributed by atoms with Gasteiger partial charge in [0.25, 0.3) is 0 Å². The summed E-state index contributed by atoms with van der Waals surface area (Å²) in [7, 11) is 0. The second-order valence-corrected chi connectivity index (χ2v) is 6.01. The van der Waals surface area contributed by atoms with E-state index in [-0.39, 0.29) is 42.7 Å². The molecule has 1 N–H and O–H groups in total. The molecule has 0 saturated heterocycles. The molecule has 0 bridgehead atoms. The summed E-state index contributed by atoms with van der Waals surface area (Å²) in [5.41, 5.74) is -1.62. The van der Waals surface area contributed by atoms with E-state index in [1.165, 1.54) is 0 Å². The summed E-state index contributed by atoms with van der Waals surface area (Å²) in [5, 5.41) is 19.7. The van der Waals surface area contributed by atoms with Crippen molar-refractivity contribution in [1.82, 2.24) is 4.98 Å². The molecule has 0 atom stereocenters. The number of anilines is 2. The third-order valence-electron chi connectivity index (χ3n) is 2.96. The molecule has 0 aliphatic carbocycles. The largest absolute Gasteiger partial charge is 0.417 e. The molecule has 0 aliphatic heterocycles. The van der Waals surface area contributed by atoms with E-state index >= 15 is 0 Å². The number of alkyl halides is 3. The summed E-state index contributed by atoms with van der Waals surface area (Å²) in [6, 6.07) is 4.11. The Balaban J connectivity index is 2.59. The number of benzene rings is 1. The van der Waals surface area contributed by atoms with Gasteiger partial charge in [0.05, 0.1) is 42.5 Å². The molecule has 25 heavy (non-hydrogen) atoms. The summed E-state index contributed by atoms with van der Waals surface area (Å²) in [6.45, 7) is 0. The Morgan fingerprint density at radius 3 is 2.04 bits per heavy atom. The Bertz CT molecular complexity index is 945. The van der Waals surface area contributed by atoms with E-state index in [2.05, 4.69) is 10.3 Å². The van der Waals surface area contributed by atoms with Crippen molar-refractivity contribution < 1.29 is 13.2 Å². The fourth-order valence-corrected chi connectivity index (χ4v) is 2.79. The molecule has 1 heterocycles. The SMILES string of the molecule is N#Cc1c(Cl)c(Cl)c(Nc2ncc(C(F)(F)F)cc2Cl)c(C#N)c1Cl. The van der Waals surface area contributed by atoms with E-state index in [0.717, 1.165) is 0 Å². The van der Waals surface area contributed by atoms with Crippen molar-refractivity contribution in [1.29, 1.82) is 10.5 Å². The zero-order chi connectivity index (χ0) is 18.9. The van der Waals surface area contributed by atoms with E-state index in [4.69, 9.17) is 51.7 Å². The van der Waals surface area contributed by atoms with Gasteiger partial charge in [0.2, 0.25) is 0 Å². The van der Waals surface area contributed by atoms with Crippen molar-refractivity contribution in [3.63, 3.8) is 0 Å². The van der Waals surface area contributed by atoms with Crippen LogP contribution in [0.1, 0.15) is 16.7 Å². The number of nitrogens with zero attached hydrogens (tertiary/aromatic N) is 3. The maximum Gasteiger partial charge on any atom is 0.417 e. The predicted molar refractivity (Wildman–Crippen MR) is 88.4 cm³/mol. The van der Waals surface area contributed by atoms with Gasteiger partial charge in [0.15, 0.2) is 0 Å². The minimum Gasteiger partial charge on any atom is -0.337 e. The van der Waals surface area contributed by atoms with E-state index in [0.29, 0.717) is 12.3 Å². The van der Waals surface area contributed by atoms with Crippen molar-refractivity contribution >= 4 is 57.9 Å². The lowest BCUT2D eigenvalue weighted by Gasteiger charge is -2.15. The number of hydrogen-bond acceptors (Lipinski definition) is 4. The highest BCUT2D eigenvalue weighted by Gasteiger charge is 2.32. The van der Waals surface area contributed by atoms with Crippen LogP contribution in [0.3, 0.4) is 0 Å². The summed E-state index contributed by atoms with van der Waals surface area (Å²) < 4.78 is 37.9. The van der Waals surface area contributed by atoms with Gasteiger partial charge in [-0.3, -0.25) is 0 Å². The van der Waals surface area contributed by atoms with Gasteiger partial charge in [-0.05, 0) is 6.07 Å². The summed E-state index contributed by atoms with van der Waals surface area (Å²) >= 11 is 23.7. The standard InChI is InChI=1S/C14H3Cl4F3N4/c15-8-1-5(14(19,20)21)4-24-13(8)25-12-7(3-23)9(16)6(2-22)10(17)11(12)18/h1,4H,(H,24,25). The van der Waals surface area contributed by atoms with E-state index in [1.54, 1.807) is 12.1 Å². The van der Waals surface area contributed by atoms with Crippen LogP contribution in [0.4, 0.5) is 24.7 Å². The van der Waals surface area contributed by atoms with Crippen LogP contribution in [0.15, 0.2) is 12.3 Å². The number of hydrogen-bond donors (Lipinski definition) is 1. The van der Waals surface area contributed by atoms with Gasteiger partial charge < -0.3 is 5.32 Å². The first-order valence-electron chi connectivity index (χ1n) is 6.12. The Morgan fingerprint density at radius 2 is 1.56 bits per heavy atom. The van der Waals surface area contributed by atoms with Gasteiger partial charge in [0, 0.05) is 6.20 Å². The summed E-state index contributed by atoms with van der Waals surface area (Å²) in [4.78, 5) is 3.58. The number of halogens is 7. The molecule has 2 rings (SSSR count). The Morgan fingerprint density at radius 1 is 0.960 bits per heavy atom. The normalized spacial score (nSPS) is 10.9. The van der Waals surface area contributed by atoms with E-state index in [9.17, 15) is 18.4 Å². The number of pyridine rings is 1. The molecular weight excluding hydrogens is 423 g/mol. The van der Waals surface area contributed by atoms with Gasteiger partial charge in [-0.15, -0.1) is 0 Å². The van der Waals surface area contributed by atoms with E-state index in [1.807, 2.05) is 0 Å². The van der Waals surface area contributed by atoms with Gasteiger partial charge >= 0.3 is 6.18 Å². The zero-order valence-corrected chi connectivity index (χ0v) is 14.7. The highest BCUT2D eigenvalue weighted by molar-refractivity contribution is 6.47. The molecule has 1 aromatic carbocycles. The van der Waals surface area contributed by atoms with Crippen molar-refractivity contribution in [2.75, 3.05) is 5.32 Å². The number of aromatic nitrogens is 1. The third kappa shape index (κ3) is 3.70. The molecule has 4 nitrogen and oxygen atoms in total. The lowest BCUT2D eigenvalue weighted by atomic mass is 10.1. The summed E-state index contributed by atoms with van der Waals surface area (Å²) in [6.07, 6.45) is -4.06. The monoisotopic (exact) mass is 424 g/mol. The minimum absolute atomic E-state index is 0.132. The first-order valence-corrected chi connectivity index (χ1v) is 7.63. The Labute approximate surface area is 159 Å². The smallest absolute Gasteiger partial charge is 0.337 e. The fraction of sp³-hybridized carbons (Fsp3) is 0.0714. The molecule has 0 saturated carbocycles. The highest BCUT2D eigenvalue weighted by atomic mass is 35.5. The maximum absolute atomic E-state index is 12.6. The molecule has 11 heteroatoms. The average Bonchev–Trinajstić information content (AvgIpc) is 2.54. The molecule has 128 valence electrons. The Hall–Kier alpha value is -1.90. The minimum atomic E-state index is -4.62. The van der Waals surface area contributed by atoms with Crippen LogP contribution < -0.4 is 5.32 Å². The molecule has 0 aliphatic rings. The highest BCUT2D eigenvalue weighted by Crippen LogP contribution is 2.43. The van der Waals surface area contributed by atoms with Crippen molar-refractivity contribution in [3.8, 4) is 12.1 Å². The first kappa shape index (κ1) is 19.4. The third-order valence-corrected chi connectivity index (χ3v) is 4.47. The van der Waals surface area contributed by atoms with Crippen LogP contribution in [-0.4, -0.2) is 4.98 Å². The van der Waals surface area contributed by atoms with Crippen LogP contribution in [-0.2, 0) is 6.18 Å². The zero-order valence-electron chi connectivity index (χ0n) is 11.6. The van der Waals surface area contributed by atoms with Gasteiger partial charge in [-0.1, -0.05) is 46.4 Å². The number of nitriles is 2. The second-order valence-electron chi connectivity index (χ2n) is 4.47. The lowest BCUT2D eigenvalue weighted by Crippen LogP contribution is -2.07. The van der Waals surface area contributed by atoms with Gasteiger partial charge in [-0.2, -0.15) is 23.7 Å². The van der Waals surface area contributed by atoms with Crippen LogP contribution in [0.5, 0.6) is 0 Å². The molecule has 2 aromatic rings. The fourth-order valence-electron chi connectivity index (χ4n) is 1.78. The summed E-state index contributed by atoms with van der Waals surface area (Å²) in [5.74, 6) is -0.204. The number of nitrogens with one attached hydrogen (secondary N) is 1. The van der Waals surface area contributed by atoms with Gasteiger partial charge in [-0.25, -0.2) is 4.98 Å². The number of rotatable bonds is 2. The second kappa shape index (κ2) is 7.15. The molecular formula is C14H3Cl4F3N4. The molecule has 0 amide bonds. The van der Waals surface area contributed by atoms with Crippen molar-refractivity contribution in [3.05, 3.63) is 49.0 Å². The molecule has 1 aromatic heterocycles. The lowest BCUT2D eigenvalue weighted by molar-refractivity contribution is -0.137. The topological polar surface area (TPSA) is 72.5 Å². The molecule has 0 unspecified atom stereocenters. The molecule has 0 spiro atoms. The van der Waals surface area contributed by atoms with Crippen LogP contribution in [0, 0.1) is 22.7 Å². The Kier molecular flexibility index (Phi) is 5.55. The van der Waals surface area contributed by atoms with Crippen LogP contribution in [0.25, 0.3) is 0 Å². The van der Waals surface area contributed by atoms with Crippen LogP contribution >= 0.6 is 46.4 Å². The predicted octanol–water partition coefficient (Wildman–Crippen LogP) is 6.20. The molecule has 0 fully saturated rings. The van der Waals surface area contributed by atoms with E-state index < -0.39 is 11.7 Å². The van der Waals surface area contributed by atoms with Crippen LogP contribution in [0.2, 0.25) is 20.1 Å². The average molecular weight is 426 g/mol. The van der Waals surface area contributed by atoms with Crippen molar-refractivity contribution in [2.45, 2.75) is 6.18 Å². The quantitative estimate of drug-likeness (QED) is 0.581. The maximum atomic E-state index is 12.6. The van der Waals surface area contributed by atoms with Crippen molar-refractivity contribution in [2.24, 2.45) is 0 Å². The molecule has 0 radical (unpaired) electrons. The van der Waals surface area contributed by atoms with Gasteiger partial charge in [0.1, 0.15) is 18.0 Å².